The fourth-order valence-corrected chi connectivity index (χ4v) is 2.15. The maximum absolute atomic E-state index is 13.2. The Labute approximate surface area is 128 Å². The van der Waals surface area contributed by atoms with E-state index < -0.39 is 0 Å². The number of hydrogen-bond donors (Lipinski definition) is 2. The Morgan fingerprint density at radius 3 is 2.60 bits per heavy atom. The molecule has 0 atom stereocenters. The zero-order valence-electron chi connectivity index (χ0n) is 11.1. The number of benzene rings is 2. The van der Waals surface area contributed by atoms with Crippen LogP contribution in [0.2, 0.25) is 5.02 Å². The predicted octanol–water partition coefficient (Wildman–Crippen LogP) is 4.90. The third kappa shape index (κ3) is 3.46. The van der Waals surface area contributed by atoms with Gasteiger partial charge in [-0.1, -0.05) is 17.7 Å². The Bertz CT molecular complexity index is 658. The van der Waals surface area contributed by atoms with Crippen LogP contribution in [0, 0.1) is 19.7 Å². The maximum Gasteiger partial charge on any atom is 0.175 e. The molecule has 0 aliphatic heterocycles. The van der Waals surface area contributed by atoms with Gasteiger partial charge in [-0.15, -0.1) is 0 Å². The summed E-state index contributed by atoms with van der Waals surface area (Å²) in [5, 5.41) is 7.20. The van der Waals surface area contributed by atoms with Crippen LogP contribution in [-0.2, 0) is 0 Å². The molecule has 2 rings (SSSR count). The summed E-state index contributed by atoms with van der Waals surface area (Å²) in [5.41, 5.74) is 3.07. The highest BCUT2D eigenvalue weighted by atomic mass is 35.5. The average Bonchev–Trinajstić information content (AvgIpc) is 2.39. The van der Waals surface area contributed by atoms with Crippen LogP contribution in [0.4, 0.5) is 15.8 Å². The molecule has 0 bridgehead atoms. The molecular weight excluding hydrogens is 295 g/mol. The summed E-state index contributed by atoms with van der Waals surface area (Å²) in [6.07, 6.45) is 0. The molecule has 0 aromatic heterocycles. The molecule has 5 heteroatoms. The molecule has 0 aliphatic rings. The molecule has 0 amide bonds. The third-order valence-electron chi connectivity index (χ3n) is 2.93. The van der Waals surface area contributed by atoms with Crippen molar-refractivity contribution in [2.75, 3.05) is 10.6 Å². The zero-order chi connectivity index (χ0) is 14.7. The quantitative estimate of drug-likeness (QED) is 0.771. The van der Waals surface area contributed by atoms with Crippen molar-refractivity contribution >= 4 is 40.3 Å². The summed E-state index contributed by atoms with van der Waals surface area (Å²) in [7, 11) is 0. The van der Waals surface area contributed by atoms with Crippen LogP contribution < -0.4 is 10.6 Å². The van der Waals surface area contributed by atoms with Gasteiger partial charge in [0.15, 0.2) is 5.11 Å². The minimum atomic E-state index is -0.236. The van der Waals surface area contributed by atoms with Crippen molar-refractivity contribution in [3.05, 3.63) is 58.4 Å². The molecule has 0 saturated heterocycles. The number of hydrogen-bond acceptors (Lipinski definition) is 1. The molecular formula is C15H14ClFN2S. The number of anilines is 2. The van der Waals surface area contributed by atoms with E-state index in [-0.39, 0.29) is 5.82 Å². The van der Waals surface area contributed by atoms with Crippen molar-refractivity contribution < 1.29 is 4.39 Å². The molecule has 2 N–H and O–H groups in total. The van der Waals surface area contributed by atoms with Crippen LogP contribution in [0.1, 0.15) is 11.1 Å². The zero-order valence-corrected chi connectivity index (χ0v) is 12.7. The van der Waals surface area contributed by atoms with E-state index in [1.54, 1.807) is 19.1 Å². The van der Waals surface area contributed by atoms with Gasteiger partial charge in [-0.2, -0.15) is 0 Å². The van der Waals surface area contributed by atoms with Gasteiger partial charge in [0, 0.05) is 16.4 Å². The van der Waals surface area contributed by atoms with Crippen molar-refractivity contribution in [3.8, 4) is 0 Å². The number of rotatable bonds is 2. The van der Waals surface area contributed by atoms with Gasteiger partial charge in [-0.3, -0.25) is 0 Å². The van der Waals surface area contributed by atoms with E-state index in [4.69, 9.17) is 23.8 Å². The smallest absolute Gasteiger partial charge is 0.175 e. The monoisotopic (exact) mass is 308 g/mol. The first-order valence-corrected chi connectivity index (χ1v) is 6.85. The molecule has 104 valence electrons. The first-order chi connectivity index (χ1) is 9.47. The predicted molar refractivity (Wildman–Crippen MR) is 87.2 cm³/mol. The number of nitrogens with one attached hydrogen (secondary N) is 2. The molecule has 0 saturated carbocycles. The van der Waals surface area contributed by atoms with E-state index in [0.717, 1.165) is 16.9 Å². The van der Waals surface area contributed by atoms with E-state index in [2.05, 4.69) is 10.6 Å². The molecule has 2 aromatic carbocycles. The lowest BCUT2D eigenvalue weighted by molar-refractivity contribution is 0.619. The van der Waals surface area contributed by atoms with Gasteiger partial charge in [0.2, 0.25) is 0 Å². The lowest BCUT2D eigenvalue weighted by Crippen LogP contribution is -2.19. The van der Waals surface area contributed by atoms with E-state index in [1.165, 1.54) is 6.07 Å². The third-order valence-corrected chi connectivity index (χ3v) is 3.55. The van der Waals surface area contributed by atoms with Crippen molar-refractivity contribution in [2.24, 2.45) is 0 Å². The fraction of sp³-hybridized carbons (Fsp3) is 0.133. The Hall–Kier alpha value is -1.65. The van der Waals surface area contributed by atoms with Crippen molar-refractivity contribution in [1.29, 1.82) is 0 Å². The largest absolute Gasteiger partial charge is 0.332 e. The topological polar surface area (TPSA) is 24.1 Å². The Balaban J connectivity index is 2.09. The van der Waals surface area contributed by atoms with E-state index in [9.17, 15) is 4.39 Å². The summed E-state index contributed by atoms with van der Waals surface area (Å²) in [4.78, 5) is 0. The van der Waals surface area contributed by atoms with Gasteiger partial charge < -0.3 is 10.6 Å². The van der Waals surface area contributed by atoms with Crippen molar-refractivity contribution in [3.63, 3.8) is 0 Å². The second kappa shape index (κ2) is 6.20. The van der Waals surface area contributed by atoms with E-state index >= 15 is 0 Å². The van der Waals surface area contributed by atoms with Crippen LogP contribution in [0.3, 0.4) is 0 Å². The van der Waals surface area contributed by atoms with Crippen LogP contribution in [0.25, 0.3) is 0 Å². The second-order valence-electron chi connectivity index (χ2n) is 4.46. The fourth-order valence-electron chi connectivity index (χ4n) is 1.75. The molecule has 2 aromatic rings. The summed E-state index contributed by atoms with van der Waals surface area (Å²) >= 11 is 11.3. The Kier molecular flexibility index (Phi) is 4.57. The van der Waals surface area contributed by atoms with E-state index in [1.807, 2.05) is 25.1 Å². The highest BCUT2D eigenvalue weighted by molar-refractivity contribution is 7.80. The van der Waals surface area contributed by atoms with Gasteiger partial charge in [0.25, 0.3) is 0 Å². The highest BCUT2D eigenvalue weighted by Crippen LogP contribution is 2.23. The lowest BCUT2D eigenvalue weighted by Gasteiger charge is -2.13. The van der Waals surface area contributed by atoms with Gasteiger partial charge in [-0.05, 0) is 67.5 Å². The summed E-state index contributed by atoms with van der Waals surface area (Å²) in [6, 6.07) is 10.3. The number of halogens is 2. The van der Waals surface area contributed by atoms with Crippen LogP contribution in [0.5, 0.6) is 0 Å². The molecule has 0 spiro atoms. The SMILES string of the molecule is Cc1cc(NC(=S)Nc2cccc(Cl)c2C)ccc1F. The van der Waals surface area contributed by atoms with Crippen LogP contribution in [-0.4, -0.2) is 5.11 Å². The summed E-state index contributed by atoms with van der Waals surface area (Å²) in [5.74, 6) is -0.236. The first kappa shape index (κ1) is 14.8. The number of aryl methyl sites for hydroxylation is 1. The van der Waals surface area contributed by atoms with Gasteiger partial charge >= 0.3 is 0 Å². The van der Waals surface area contributed by atoms with Crippen LogP contribution in [0.15, 0.2) is 36.4 Å². The summed E-state index contributed by atoms with van der Waals surface area (Å²) in [6.45, 7) is 3.62. The molecule has 20 heavy (non-hydrogen) atoms. The molecule has 2 nitrogen and oxygen atoms in total. The van der Waals surface area contributed by atoms with E-state index in [0.29, 0.717) is 15.7 Å². The molecule has 0 aliphatic carbocycles. The minimum absolute atomic E-state index is 0.236. The van der Waals surface area contributed by atoms with Crippen LogP contribution >= 0.6 is 23.8 Å². The molecule has 0 fully saturated rings. The average molecular weight is 309 g/mol. The highest BCUT2D eigenvalue weighted by Gasteiger charge is 2.05. The number of thiocarbonyl (C=S) groups is 1. The molecule has 0 heterocycles. The minimum Gasteiger partial charge on any atom is -0.332 e. The normalized spacial score (nSPS) is 10.2. The van der Waals surface area contributed by atoms with Gasteiger partial charge in [-0.25, -0.2) is 4.39 Å². The standard InChI is InChI=1S/C15H14ClFN2S/c1-9-8-11(6-7-13(9)17)18-15(20)19-14-5-3-4-12(16)10(14)2/h3-8H,1-2H3,(H2,18,19,20). The molecule has 0 radical (unpaired) electrons. The maximum atomic E-state index is 13.2. The Morgan fingerprint density at radius 2 is 1.90 bits per heavy atom. The first-order valence-electron chi connectivity index (χ1n) is 6.06. The summed E-state index contributed by atoms with van der Waals surface area (Å²) < 4.78 is 13.2. The molecule has 0 unspecified atom stereocenters. The Morgan fingerprint density at radius 1 is 1.15 bits per heavy atom. The van der Waals surface area contributed by atoms with Crippen molar-refractivity contribution in [1.82, 2.24) is 0 Å². The van der Waals surface area contributed by atoms with Gasteiger partial charge in [0.1, 0.15) is 5.82 Å². The van der Waals surface area contributed by atoms with Crippen molar-refractivity contribution in [2.45, 2.75) is 13.8 Å². The lowest BCUT2D eigenvalue weighted by atomic mass is 10.2. The van der Waals surface area contributed by atoms with Gasteiger partial charge in [0.05, 0.1) is 0 Å². The second-order valence-corrected chi connectivity index (χ2v) is 5.27.